The second-order valence-corrected chi connectivity index (χ2v) is 4.53. The maximum absolute atomic E-state index is 13.6. The van der Waals surface area contributed by atoms with Crippen molar-refractivity contribution in [2.24, 2.45) is 0 Å². The molecule has 1 aromatic heterocycles. The van der Waals surface area contributed by atoms with Gasteiger partial charge in [0.1, 0.15) is 0 Å². The number of H-pyrrole nitrogens is 1. The van der Waals surface area contributed by atoms with Gasteiger partial charge in [-0.05, 0) is 30.7 Å². The first kappa shape index (κ1) is 14.8. The van der Waals surface area contributed by atoms with Crippen molar-refractivity contribution >= 4 is 5.91 Å². The minimum absolute atomic E-state index is 0.151. The zero-order chi connectivity index (χ0) is 15.4. The highest BCUT2D eigenvalue weighted by atomic mass is 19.1. The third kappa shape index (κ3) is 3.47. The molecule has 0 aliphatic rings. The zero-order valence-electron chi connectivity index (χ0n) is 11.6. The first-order chi connectivity index (χ1) is 10.0. The van der Waals surface area contributed by atoms with Crippen molar-refractivity contribution in [1.82, 2.24) is 10.3 Å². The van der Waals surface area contributed by atoms with Gasteiger partial charge in [0.2, 0.25) is 5.56 Å². The van der Waals surface area contributed by atoms with Crippen molar-refractivity contribution in [2.75, 3.05) is 7.11 Å². The van der Waals surface area contributed by atoms with Crippen molar-refractivity contribution in [3.05, 3.63) is 63.8 Å². The Labute approximate surface area is 120 Å². The molecule has 1 amide bonds. The topological polar surface area (TPSA) is 71.2 Å². The lowest BCUT2D eigenvalue weighted by Gasteiger charge is -2.15. The van der Waals surface area contributed by atoms with Gasteiger partial charge in [-0.3, -0.25) is 9.59 Å². The molecule has 2 rings (SSSR count). The number of aromatic amines is 1. The number of hydrogen-bond donors (Lipinski definition) is 2. The molecule has 1 heterocycles. The van der Waals surface area contributed by atoms with Crippen LogP contribution in [0, 0.1) is 5.82 Å². The normalized spacial score (nSPS) is 11.8. The number of halogens is 1. The number of benzene rings is 1. The van der Waals surface area contributed by atoms with Crippen molar-refractivity contribution in [3.8, 4) is 5.75 Å². The number of nitrogens with one attached hydrogen (secondary N) is 2. The Balaban J connectivity index is 2.12. The molecule has 0 unspecified atom stereocenters. The highest BCUT2D eigenvalue weighted by Crippen LogP contribution is 2.21. The van der Waals surface area contributed by atoms with Crippen LogP contribution in [0.4, 0.5) is 4.39 Å². The monoisotopic (exact) mass is 290 g/mol. The van der Waals surface area contributed by atoms with E-state index in [1.54, 1.807) is 13.0 Å². The van der Waals surface area contributed by atoms with Gasteiger partial charge in [0.25, 0.3) is 5.91 Å². The standard InChI is InChI=1S/C15H15FN2O3/c1-9(10-3-5-13(21-2)12(16)7-10)18-15(20)11-4-6-14(19)17-8-11/h3-9H,1-2H3,(H,17,19)(H,18,20)/t9-/m1/s1. The van der Waals surface area contributed by atoms with Crippen LogP contribution in [0.1, 0.15) is 28.9 Å². The lowest BCUT2D eigenvalue weighted by atomic mass is 10.1. The Bertz CT molecular complexity index is 692. The summed E-state index contributed by atoms with van der Waals surface area (Å²) in [5, 5.41) is 2.73. The molecule has 0 bridgehead atoms. The molecule has 6 heteroatoms. The Kier molecular flexibility index (Phi) is 4.37. The molecule has 1 aromatic carbocycles. The maximum Gasteiger partial charge on any atom is 0.253 e. The van der Waals surface area contributed by atoms with Gasteiger partial charge in [-0.25, -0.2) is 4.39 Å². The molecule has 0 spiro atoms. The van der Waals surface area contributed by atoms with E-state index >= 15 is 0 Å². The van der Waals surface area contributed by atoms with Crippen molar-refractivity contribution < 1.29 is 13.9 Å². The molecule has 0 aliphatic carbocycles. The zero-order valence-corrected chi connectivity index (χ0v) is 11.6. The molecule has 1 atom stereocenters. The molecule has 0 fully saturated rings. The Morgan fingerprint density at radius 1 is 1.33 bits per heavy atom. The van der Waals surface area contributed by atoms with E-state index in [1.165, 1.54) is 37.6 Å². The number of ether oxygens (including phenoxy) is 1. The summed E-state index contributed by atoms with van der Waals surface area (Å²) in [5.41, 5.74) is 0.665. The van der Waals surface area contributed by atoms with Gasteiger partial charge < -0.3 is 15.0 Å². The van der Waals surface area contributed by atoms with E-state index < -0.39 is 5.82 Å². The minimum Gasteiger partial charge on any atom is -0.494 e. The fraction of sp³-hybridized carbons (Fsp3) is 0.200. The summed E-state index contributed by atoms with van der Waals surface area (Å²) in [6.07, 6.45) is 1.33. The van der Waals surface area contributed by atoms with E-state index in [4.69, 9.17) is 4.74 Å². The van der Waals surface area contributed by atoms with Gasteiger partial charge in [0.05, 0.1) is 18.7 Å². The van der Waals surface area contributed by atoms with Crippen LogP contribution >= 0.6 is 0 Å². The van der Waals surface area contributed by atoms with Crippen molar-refractivity contribution in [3.63, 3.8) is 0 Å². The van der Waals surface area contributed by atoms with Crippen LogP contribution in [-0.2, 0) is 0 Å². The van der Waals surface area contributed by atoms with E-state index in [1.807, 2.05) is 0 Å². The Morgan fingerprint density at radius 2 is 2.10 bits per heavy atom. The fourth-order valence-corrected chi connectivity index (χ4v) is 1.87. The van der Waals surface area contributed by atoms with E-state index in [0.29, 0.717) is 11.1 Å². The molecular weight excluding hydrogens is 275 g/mol. The molecule has 2 N–H and O–H groups in total. The molecule has 0 aliphatic heterocycles. The van der Waals surface area contributed by atoms with Crippen LogP contribution < -0.4 is 15.6 Å². The average molecular weight is 290 g/mol. The van der Waals surface area contributed by atoms with Gasteiger partial charge in [0.15, 0.2) is 11.6 Å². The van der Waals surface area contributed by atoms with Gasteiger partial charge in [-0.15, -0.1) is 0 Å². The Morgan fingerprint density at radius 3 is 2.67 bits per heavy atom. The number of methoxy groups -OCH3 is 1. The third-order valence-electron chi connectivity index (χ3n) is 3.07. The molecule has 0 saturated heterocycles. The van der Waals surface area contributed by atoms with Crippen LogP contribution in [0.25, 0.3) is 0 Å². The van der Waals surface area contributed by atoms with Gasteiger partial charge >= 0.3 is 0 Å². The summed E-state index contributed by atoms with van der Waals surface area (Å²) in [6.45, 7) is 1.74. The lowest BCUT2D eigenvalue weighted by Crippen LogP contribution is -2.27. The molecule has 110 valence electrons. The third-order valence-corrected chi connectivity index (χ3v) is 3.07. The number of carbonyl (C=O) groups is 1. The summed E-state index contributed by atoms with van der Waals surface area (Å²) in [7, 11) is 1.39. The van der Waals surface area contributed by atoms with Gasteiger partial charge in [-0.1, -0.05) is 6.07 Å². The first-order valence-corrected chi connectivity index (χ1v) is 6.34. The SMILES string of the molecule is COc1ccc([C@@H](C)NC(=O)c2ccc(=O)[nH]c2)cc1F. The number of aromatic nitrogens is 1. The molecule has 5 nitrogen and oxygen atoms in total. The predicted octanol–water partition coefficient (Wildman–Crippen LogP) is 2.01. The highest BCUT2D eigenvalue weighted by Gasteiger charge is 2.13. The summed E-state index contributed by atoms with van der Waals surface area (Å²) in [4.78, 5) is 25.4. The number of hydrogen-bond acceptors (Lipinski definition) is 3. The van der Waals surface area contributed by atoms with E-state index in [2.05, 4.69) is 10.3 Å². The highest BCUT2D eigenvalue weighted by molar-refractivity contribution is 5.94. The summed E-state index contributed by atoms with van der Waals surface area (Å²) in [6, 6.07) is 6.82. The fourth-order valence-electron chi connectivity index (χ4n) is 1.87. The molecule has 21 heavy (non-hydrogen) atoms. The van der Waals surface area contributed by atoms with Crippen LogP contribution in [0.15, 0.2) is 41.3 Å². The summed E-state index contributed by atoms with van der Waals surface area (Å²) >= 11 is 0. The number of amides is 1. The predicted molar refractivity (Wildman–Crippen MR) is 75.9 cm³/mol. The largest absolute Gasteiger partial charge is 0.494 e. The molecule has 0 radical (unpaired) electrons. The maximum atomic E-state index is 13.6. The number of carbonyl (C=O) groups excluding carboxylic acids is 1. The van der Waals surface area contributed by atoms with Crippen LogP contribution in [0.2, 0.25) is 0 Å². The smallest absolute Gasteiger partial charge is 0.253 e. The number of rotatable bonds is 4. The first-order valence-electron chi connectivity index (χ1n) is 6.34. The molecular formula is C15H15FN2O3. The van der Waals surface area contributed by atoms with Crippen LogP contribution in [0.5, 0.6) is 5.75 Å². The average Bonchev–Trinajstić information content (AvgIpc) is 2.47. The lowest BCUT2D eigenvalue weighted by molar-refractivity contribution is 0.0939. The minimum atomic E-state index is -0.486. The van der Waals surface area contributed by atoms with E-state index in [0.717, 1.165) is 0 Å². The van der Waals surface area contributed by atoms with Crippen molar-refractivity contribution in [1.29, 1.82) is 0 Å². The summed E-state index contributed by atoms with van der Waals surface area (Å²) in [5.74, 6) is -0.687. The summed E-state index contributed by atoms with van der Waals surface area (Å²) < 4.78 is 18.5. The molecule has 2 aromatic rings. The van der Waals surface area contributed by atoms with Gasteiger partial charge in [0, 0.05) is 12.3 Å². The second kappa shape index (κ2) is 6.21. The molecule has 0 saturated carbocycles. The van der Waals surface area contributed by atoms with E-state index in [-0.39, 0.29) is 23.3 Å². The van der Waals surface area contributed by atoms with Crippen LogP contribution in [-0.4, -0.2) is 18.0 Å². The number of pyridine rings is 1. The Hall–Kier alpha value is -2.63. The van der Waals surface area contributed by atoms with Gasteiger partial charge in [-0.2, -0.15) is 0 Å². The second-order valence-electron chi connectivity index (χ2n) is 4.53. The quantitative estimate of drug-likeness (QED) is 0.905. The van der Waals surface area contributed by atoms with Crippen molar-refractivity contribution in [2.45, 2.75) is 13.0 Å². The van der Waals surface area contributed by atoms with Crippen LogP contribution in [0.3, 0.4) is 0 Å². The van der Waals surface area contributed by atoms with E-state index in [9.17, 15) is 14.0 Å².